The molecule has 2 N–H and O–H groups in total. The van der Waals surface area contributed by atoms with E-state index in [1.165, 1.54) is 26.2 Å². The first-order valence-corrected chi connectivity index (χ1v) is 9.84. The molecule has 0 aromatic heterocycles. The Bertz CT molecular complexity index is 912. The summed E-state index contributed by atoms with van der Waals surface area (Å²) in [6, 6.07) is 6.59. The largest absolute Gasteiger partial charge is 0.495 e. The highest BCUT2D eigenvalue weighted by atomic mass is 79.9. The molecule has 0 unspecified atom stereocenters. The zero-order chi connectivity index (χ0) is 18.8. The van der Waals surface area contributed by atoms with E-state index in [-0.39, 0.29) is 31.2 Å². The van der Waals surface area contributed by atoms with Gasteiger partial charge < -0.3 is 10.1 Å². The Hall–Kier alpha value is -1.65. The Labute approximate surface area is 161 Å². The van der Waals surface area contributed by atoms with Crippen molar-refractivity contribution in [3.8, 4) is 5.75 Å². The van der Waals surface area contributed by atoms with Crippen LogP contribution >= 0.6 is 31.9 Å². The molecule has 0 fully saturated rings. The number of methoxy groups -OCH3 is 1. The summed E-state index contributed by atoms with van der Waals surface area (Å²) in [5, 5.41) is 2.55. The fourth-order valence-electron chi connectivity index (χ4n) is 2.05. The number of carbonyl (C=O) groups is 1. The number of benzene rings is 2. The van der Waals surface area contributed by atoms with Gasteiger partial charge in [-0.1, -0.05) is 0 Å². The number of amides is 1. The Balaban J connectivity index is 2.49. The summed E-state index contributed by atoms with van der Waals surface area (Å²) in [7, 11) is -2.69. The van der Waals surface area contributed by atoms with E-state index < -0.39 is 15.8 Å². The maximum Gasteiger partial charge on any atom is 0.264 e. The molecule has 6 nitrogen and oxygen atoms in total. The summed E-state index contributed by atoms with van der Waals surface area (Å²) in [6.07, 6.45) is 0. The van der Waals surface area contributed by atoms with E-state index >= 15 is 0 Å². The fraction of sp³-hybridized carbons (Fsp3) is 0.133. The standard InChI is InChI=1S/C15H13Br2FN2O4S/c1-8(21)19-10-3-4-14(24-2)13(7-10)20-25(22,23)15-11(16)5-9(18)6-12(15)17/h3-7,20H,1-2H3,(H,19,21). The normalized spacial score (nSPS) is 11.1. The van der Waals surface area contributed by atoms with Crippen molar-refractivity contribution >= 4 is 59.2 Å². The third-order valence-corrected chi connectivity index (χ3v) is 6.24. The second-order valence-corrected chi connectivity index (χ2v) is 8.23. The van der Waals surface area contributed by atoms with Crippen LogP contribution in [0.5, 0.6) is 5.75 Å². The Morgan fingerprint density at radius 2 is 1.76 bits per heavy atom. The number of halogens is 3. The van der Waals surface area contributed by atoms with Crippen LogP contribution in [-0.2, 0) is 14.8 Å². The zero-order valence-electron chi connectivity index (χ0n) is 13.1. The molecule has 0 aliphatic heterocycles. The topological polar surface area (TPSA) is 84.5 Å². The van der Waals surface area contributed by atoms with E-state index in [0.29, 0.717) is 5.69 Å². The van der Waals surface area contributed by atoms with Crippen LogP contribution in [0.1, 0.15) is 6.92 Å². The number of nitrogens with one attached hydrogen (secondary N) is 2. The monoisotopic (exact) mass is 494 g/mol. The number of carbonyl (C=O) groups excluding carboxylic acids is 1. The Morgan fingerprint density at radius 3 is 2.28 bits per heavy atom. The van der Waals surface area contributed by atoms with Gasteiger partial charge >= 0.3 is 0 Å². The maximum atomic E-state index is 13.4. The molecule has 10 heteroatoms. The molecule has 0 saturated heterocycles. The molecule has 0 spiro atoms. The van der Waals surface area contributed by atoms with E-state index in [2.05, 4.69) is 41.9 Å². The van der Waals surface area contributed by atoms with Gasteiger partial charge in [-0.3, -0.25) is 9.52 Å². The van der Waals surface area contributed by atoms with E-state index in [0.717, 1.165) is 12.1 Å². The van der Waals surface area contributed by atoms with Crippen molar-refractivity contribution in [2.45, 2.75) is 11.8 Å². The zero-order valence-corrected chi connectivity index (χ0v) is 17.1. The fourth-order valence-corrected chi connectivity index (χ4v) is 5.64. The van der Waals surface area contributed by atoms with Crippen molar-refractivity contribution in [2.75, 3.05) is 17.1 Å². The van der Waals surface area contributed by atoms with Gasteiger partial charge in [-0.2, -0.15) is 0 Å². The van der Waals surface area contributed by atoms with Gasteiger partial charge in [-0.15, -0.1) is 0 Å². The summed E-state index contributed by atoms with van der Waals surface area (Å²) in [5.41, 5.74) is 0.514. The smallest absolute Gasteiger partial charge is 0.264 e. The van der Waals surface area contributed by atoms with E-state index in [4.69, 9.17) is 4.74 Å². The molecule has 0 radical (unpaired) electrons. The van der Waals surface area contributed by atoms with Crippen LogP contribution in [-0.4, -0.2) is 21.4 Å². The number of rotatable bonds is 5. The second kappa shape index (κ2) is 7.71. The summed E-state index contributed by atoms with van der Waals surface area (Å²) in [5.74, 6) is -0.641. The van der Waals surface area contributed by atoms with E-state index in [1.54, 1.807) is 6.07 Å². The van der Waals surface area contributed by atoms with Crippen molar-refractivity contribution in [1.82, 2.24) is 0 Å². The minimum absolute atomic E-state index is 0.0591. The van der Waals surface area contributed by atoms with Crippen molar-refractivity contribution in [2.24, 2.45) is 0 Å². The van der Waals surface area contributed by atoms with Gasteiger partial charge in [0.2, 0.25) is 5.91 Å². The molecular formula is C15H13Br2FN2O4S. The first-order chi connectivity index (χ1) is 11.6. The molecule has 0 aliphatic carbocycles. The molecule has 2 rings (SSSR count). The van der Waals surface area contributed by atoms with Crippen LogP contribution in [0.15, 0.2) is 44.2 Å². The lowest BCUT2D eigenvalue weighted by Crippen LogP contribution is -2.15. The third-order valence-electron chi connectivity index (χ3n) is 3.00. The maximum absolute atomic E-state index is 13.4. The molecule has 0 aliphatic rings. The van der Waals surface area contributed by atoms with Crippen LogP contribution in [0.2, 0.25) is 0 Å². The quantitative estimate of drug-likeness (QED) is 0.653. The lowest BCUT2D eigenvalue weighted by molar-refractivity contribution is -0.114. The number of ether oxygens (including phenoxy) is 1. The van der Waals surface area contributed by atoms with Gasteiger partial charge in [0.05, 0.1) is 12.8 Å². The Kier molecular flexibility index (Phi) is 6.07. The predicted molar refractivity (Wildman–Crippen MR) is 99.9 cm³/mol. The molecular weight excluding hydrogens is 483 g/mol. The SMILES string of the molecule is COc1ccc(NC(C)=O)cc1NS(=O)(=O)c1c(Br)cc(F)cc1Br. The van der Waals surface area contributed by atoms with E-state index in [1.807, 2.05) is 0 Å². The summed E-state index contributed by atoms with van der Waals surface area (Å²) in [6.45, 7) is 1.33. The molecule has 0 atom stereocenters. The third kappa shape index (κ3) is 4.71. The van der Waals surface area contributed by atoms with Crippen molar-refractivity contribution < 1.29 is 22.3 Å². The summed E-state index contributed by atoms with van der Waals surface area (Å²) in [4.78, 5) is 11.0. The molecule has 2 aromatic carbocycles. The van der Waals surface area contributed by atoms with Crippen LogP contribution in [0.3, 0.4) is 0 Å². The van der Waals surface area contributed by atoms with Gasteiger partial charge in [0.1, 0.15) is 16.5 Å². The highest BCUT2D eigenvalue weighted by Gasteiger charge is 2.24. The average molecular weight is 496 g/mol. The number of hydrogen-bond donors (Lipinski definition) is 2. The second-order valence-electron chi connectivity index (χ2n) is 4.90. The summed E-state index contributed by atoms with van der Waals surface area (Å²) >= 11 is 6.10. The molecule has 1 amide bonds. The van der Waals surface area contributed by atoms with Crippen molar-refractivity contribution in [3.05, 3.63) is 45.1 Å². The van der Waals surface area contributed by atoms with E-state index in [9.17, 15) is 17.6 Å². The highest BCUT2D eigenvalue weighted by molar-refractivity contribution is 9.11. The van der Waals surface area contributed by atoms with Gasteiger partial charge in [-0.25, -0.2) is 12.8 Å². The lowest BCUT2D eigenvalue weighted by Gasteiger charge is -2.15. The first-order valence-electron chi connectivity index (χ1n) is 6.77. The van der Waals surface area contributed by atoms with Gasteiger partial charge in [0.15, 0.2) is 0 Å². The first kappa shape index (κ1) is 19.7. The van der Waals surface area contributed by atoms with Crippen molar-refractivity contribution in [1.29, 1.82) is 0 Å². The number of sulfonamides is 1. The van der Waals surface area contributed by atoms with Gasteiger partial charge in [0.25, 0.3) is 10.0 Å². The van der Waals surface area contributed by atoms with Crippen LogP contribution in [0.4, 0.5) is 15.8 Å². The average Bonchev–Trinajstić information content (AvgIpc) is 2.44. The molecule has 0 heterocycles. The highest BCUT2D eigenvalue weighted by Crippen LogP contribution is 2.35. The van der Waals surface area contributed by atoms with Crippen LogP contribution < -0.4 is 14.8 Å². The van der Waals surface area contributed by atoms with Gasteiger partial charge in [0, 0.05) is 21.6 Å². The number of anilines is 2. The Morgan fingerprint density at radius 1 is 1.16 bits per heavy atom. The minimum atomic E-state index is -4.07. The summed E-state index contributed by atoms with van der Waals surface area (Å²) < 4.78 is 46.5. The molecule has 25 heavy (non-hydrogen) atoms. The molecule has 134 valence electrons. The molecule has 0 bridgehead atoms. The minimum Gasteiger partial charge on any atom is -0.495 e. The van der Waals surface area contributed by atoms with Gasteiger partial charge in [-0.05, 0) is 62.2 Å². The van der Waals surface area contributed by atoms with Crippen LogP contribution in [0.25, 0.3) is 0 Å². The van der Waals surface area contributed by atoms with Crippen molar-refractivity contribution in [3.63, 3.8) is 0 Å². The molecule has 2 aromatic rings. The predicted octanol–water partition coefficient (Wildman–Crippen LogP) is 4.12. The lowest BCUT2D eigenvalue weighted by atomic mass is 10.2. The molecule has 0 saturated carbocycles. The number of hydrogen-bond acceptors (Lipinski definition) is 4. The van der Waals surface area contributed by atoms with Crippen LogP contribution in [0, 0.1) is 5.82 Å².